The molecule has 0 heterocycles. The van der Waals surface area contributed by atoms with Crippen LogP contribution in [-0.2, 0) is 19.0 Å². The van der Waals surface area contributed by atoms with Crippen LogP contribution in [0.2, 0.25) is 0 Å². The Hall–Kier alpha value is -0.760. The standard InChI is InChI=1S/C11H11F9O4S/c12-8(13,14)9(15,16)23-10(17,18)11(19,20)25(21,22)24-7-3-1-6(5-7)2-4-7/h6H,1-5H2. The van der Waals surface area contributed by atoms with E-state index < -0.39 is 39.4 Å². The first-order valence-corrected chi connectivity index (χ1v) is 8.21. The molecule has 2 rings (SSSR count). The summed E-state index contributed by atoms with van der Waals surface area (Å²) in [6.45, 7) is 0. The van der Waals surface area contributed by atoms with Crippen molar-refractivity contribution in [1.82, 2.24) is 0 Å². The summed E-state index contributed by atoms with van der Waals surface area (Å²) in [5, 5.41) is -6.47. The molecule has 0 radical (unpaired) electrons. The highest BCUT2D eigenvalue weighted by Crippen LogP contribution is 2.54. The molecule has 14 heteroatoms. The third kappa shape index (κ3) is 3.44. The van der Waals surface area contributed by atoms with Gasteiger partial charge in [0.05, 0.1) is 5.60 Å². The molecule has 2 aliphatic rings. The van der Waals surface area contributed by atoms with Crippen LogP contribution in [-0.4, -0.2) is 37.7 Å². The minimum absolute atomic E-state index is 0.0204. The van der Waals surface area contributed by atoms with Crippen molar-refractivity contribution >= 4 is 10.1 Å². The van der Waals surface area contributed by atoms with E-state index >= 15 is 0 Å². The van der Waals surface area contributed by atoms with E-state index in [-0.39, 0.29) is 25.2 Å². The molecule has 2 aliphatic carbocycles. The molecule has 0 aliphatic heterocycles. The van der Waals surface area contributed by atoms with Gasteiger partial charge in [0.2, 0.25) is 0 Å². The van der Waals surface area contributed by atoms with Crippen molar-refractivity contribution in [3.8, 4) is 0 Å². The molecule has 2 bridgehead atoms. The van der Waals surface area contributed by atoms with Gasteiger partial charge < -0.3 is 0 Å². The molecule has 0 spiro atoms. The minimum Gasteiger partial charge on any atom is -0.259 e. The zero-order chi connectivity index (χ0) is 19.5. The van der Waals surface area contributed by atoms with Crippen molar-refractivity contribution in [2.45, 2.75) is 61.4 Å². The highest BCUT2D eigenvalue weighted by atomic mass is 32.2. The van der Waals surface area contributed by atoms with Crippen LogP contribution in [0.1, 0.15) is 32.1 Å². The van der Waals surface area contributed by atoms with Crippen molar-refractivity contribution < 1.29 is 56.9 Å². The van der Waals surface area contributed by atoms with Gasteiger partial charge in [-0.3, -0.25) is 4.18 Å². The van der Waals surface area contributed by atoms with E-state index in [0.29, 0.717) is 12.8 Å². The number of fused-ring (bicyclic) bond motifs is 2. The molecule has 0 atom stereocenters. The number of ether oxygens (including phenoxy) is 1. The van der Waals surface area contributed by atoms with Gasteiger partial charge in [0.15, 0.2) is 0 Å². The Morgan fingerprint density at radius 3 is 1.68 bits per heavy atom. The fourth-order valence-corrected chi connectivity index (χ4v) is 4.10. The van der Waals surface area contributed by atoms with Gasteiger partial charge in [-0.25, -0.2) is 4.74 Å². The molecule has 0 aromatic heterocycles. The number of hydrogen-bond acceptors (Lipinski definition) is 4. The van der Waals surface area contributed by atoms with Crippen LogP contribution in [0.3, 0.4) is 0 Å². The summed E-state index contributed by atoms with van der Waals surface area (Å²) in [6.07, 6.45) is -19.5. The zero-order valence-electron chi connectivity index (χ0n) is 12.1. The second-order valence-corrected chi connectivity index (χ2v) is 7.61. The Labute approximate surface area is 135 Å². The van der Waals surface area contributed by atoms with Crippen molar-refractivity contribution in [2.75, 3.05) is 0 Å². The van der Waals surface area contributed by atoms with Crippen molar-refractivity contribution in [3.05, 3.63) is 0 Å². The summed E-state index contributed by atoms with van der Waals surface area (Å²) >= 11 is 0. The number of halogens is 9. The highest BCUT2D eigenvalue weighted by molar-refractivity contribution is 7.87. The second kappa shape index (κ2) is 5.62. The first-order valence-electron chi connectivity index (χ1n) is 6.80. The SMILES string of the molecule is O=S(=O)(OC12CCC(CC1)C2)C(F)(F)C(F)(F)OC(F)(F)C(F)(F)F. The van der Waals surface area contributed by atoms with Gasteiger partial charge in [-0.05, 0) is 38.0 Å². The lowest BCUT2D eigenvalue weighted by atomic mass is 9.98. The van der Waals surface area contributed by atoms with Crippen molar-refractivity contribution in [3.63, 3.8) is 0 Å². The third-order valence-corrected chi connectivity index (χ3v) is 5.64. The molecule has 148 valence electrons. The summed E-state index contributed by atoms with van der Waals surface area (Å²) < 4.78 is 143. The van der Waals surface area contributed by atoms with Gasteiger partial charge in [0.25, 0.3) is 0 Å². The lowest BCUT2D eigenvalue weighted by molar-refractivity contribution is -0.476. The van der Waals surface area contributed by atoms with Crippen molar-refractivity contribution in [2.24, 2.45) is 5.92 Å². The molecule has 0 N–H and O–H groups in total. The Bertz CT molecular complexity index is 620. The van der Waals surface area contributed by atoms with E-state index in [2.05, 4.69) is 4.18 Å². The Kier molecular flexibility index (Phi) is 4.62. The van der Waals surface area contributed by atoms with Gasteiger partial charge >= 0.3 is 33.8 Å². The van der Waals surface area contributed by atoms with Gasteiger partial charge in [-0.15, -0.1) is 0 Å². The maximum absolute atomic E-state index is 13.6. The molecule has 2 fully saturated rings. The topological polar surface area (TPSA) is 52.6 Å². The Morgan fingerprint density at radius 2 is 1.32 bits per heavy atom. The molecule has 25 heavy (non-hydrogen) atoms. The van der Waals surface area contributed by atoms with E-state index in [1.807, 2.05) is 4.74 Å². The molecule has 0 amide bonds. The molecule has 0 aromatic carbocycles. The number of hydrogen-bond donors (Lipinski definition) is 0. The summed E-state index contributed by atoms with van der Waals surface area (Å²) in [5.41, 5.74) is -1.68. The maximum atomic E-state index is 13.6. The Morgan fingerprint density at radius 1 is 0.840 bits per heavy atom. The fraction of sp³-hybridized carbons (Fsp3) is 1.00. The van der Waals surface area contributed by atoms with Crippen LogP contribution < -0.4 is 0 Å². The fourth-order valence-electron chi connectivity index (χ4n) is 2.96. The average Bonchev–Trinajstić information content (AvgIpc) is 2.94. The first-order chi connectivity index (χ1) is 10.9. The monoisotopic (exact) mass is 410 g/mol. The lowest BCUT2D eigenvalue weighted by Gasteiger charge is -2.32. The first kappa shape index (κ1) is 20.6. The van der Waals surface area contributed by atoms with E-state index in [9.17, 15) is 47.9 Å². The zero-order valence-corrected chi connectivity index (χ0v) is 12.9. The van der Waals surface area contributed by atoms with Gasteiger partial charge in [0, 0.05) is 0 Å². The van der Waals surface area contributed by atoms with Crippen LogP contribution in [0.15, 0.2) is 0 Å². The minimum atomic E-state index is -6.76. The predicted molar refractivity (Wildman–Crippen MR) is 61.3 cm³/mol. The van der Waals surface area contributed by atoms with Gasteiger partial charge in [-0.2, -0.15) is 47.9 Å². The molecular weight excluding hydrogens is 399 g/mol. The largest absolute Gasteiger partial charge is 0.483 e. The molecule has 0 aromatic rings. The van der Waals surface area contributed by atoms with Gasteiger partial charge in [-0.1, -0.05) is 0 Å². The van der Waals surface area contributed by atoms with Crippen LogP contribution in [0.4, 0.5) is 39.5 Å². The quantitative estimate of drug-likeness (QED) is 0.490. The summed E-state index contributed by atoms with van der Waals surface area (Å²) in [7, 11) is -6.57. The number of rotatable bonds is 6. The lowest BCUT2D eigenvalue weighted by Crippen LogP contribution is -2.56. The normalized spacial score (nSPS) is 28.6. The summed E-state index contributed by atoms with van der Waals surface area (Å²) in [4.78, 5) is 0. The Balaban J connectivity index is 2.25. The summed E-state index contributed by atoms with van der Waals surface area (Å²) in [5.74, 6) is -0.0601. The van der Waals surface area contributed by atoms with E-state index in [1.54, 1.807) is 0 Å². The average molecular weight is 410 g/mol. The van der Waals surface area contributed by atoms with Crippen LogP contribution in [0.5, 0.6) is 0 Å². The highest BCUT2D eigenvalue weighted by Gasteiger charge is 2.76. The van der Waals surface area contributed by atoms with E-state index in [0.717, 1.165) is 0 Å². The van der Waals surface area contributed by atoms with Crippen molar-refractivity contribution in [1.29, 1.82) is 0 Å². The summed E-state index contributed by atoms with van der Waals surface area (Å²) in [6, 6.07) is 0. The molecule has 2 saturated carbocycles. The predicted octanol–water partition coefficient (Wildman–Crippen LogP) is 4.02. The van der Waals surface area contributed by atoms with Crippen LogP contribution >= 0.6 is 0 Å². The third-order valence-electron chi connectivity index (χ3n) is 4.20. The second-order valence-electron chi connectivity index (χ2n) is 6.02. The molecule has 4 nitrogen and oxygen atoms in total. The van der Waals surface area contributed by atoms with Crippen LogP contribution in [0.25, 0.3) is 0 Å². The molecular formula is C11H11F9O4S. The molecule has 0 unspecified atom stereocenters. The smallest absolute Gasteiger partial charge is 0.259 e. The van der Waals surface area contributed by atoms with E-state index in [1.165, 1.54) is 0 Å². The van der Waals surface area contributed by atoms with Crippen LogP contribution in [0, 0.1) is 5.92 Å². The van der Waals surface area contributed by atoms with Gasteiger partial charge in [0.1, 0.15) is 0 Å². The maximum Gasteiger partial charge on any atom is 0.483 e. The number of alkyl halides is 9. The van der Waals surface area contributed by atoms with E-state index in [4.69, 9.17) is 0 Å². The molecule has 0 saturated heterocycles.